The third kappa shape index (κ3) is 8.83. The molecule has 0 fully saturated rings. The molecule has 0 heterocycles. The quantitative estimate of drug-likeness (QED) is 0.0742. The van der Waals surface area contributed by atoms with Crippen LogP contribution in [0.2, 0.25) is 0 Å². The average molecular weight is 730 g/mol. The second-order valence-corrected chi connectivity index (χ2v) is 17.0. The lowest BCUT2D eigenvalue weighted by Crippen LogP contribution is -2.26. The molecule has 5 aromatic rings. The van der Waals surface area contributed by atoms with Gasteiger partial charge in [-0.15, -0.1) is 0 Å². The molecule has 7 rings (SSSR count). The summed E-state index contributed by atoms with van der Waals surface area (Å²) in [6, 6.07) is 40.1. The highest BCUT2D eigenvalue weighted by Crippen LogP contribution is 2.55. The van der Waals surface area contributed by atoms with Crippen LogP contribution >= 0.6 is 0 Å². The summed E-state index contributed by atoms with van der Waals surface area (Å²) < 4.78 is 0. The number of hydrogen-bond acceptors (Lipinski definition) is 1. The van der Waals surface area contributed by atoms with Gasteiger partial charge < -0.3 is 5.32 Å². The molecule has 0 atom stereocenters. The van der Waals surface area contributed by atoms with Crippen molar-refractivity contribution >= 4 is 11.4 Å². The maximum absolute atomic E-state index is 3.67. The fraction of sp³-hybridized carbons (Fsp3) is 0.444. The molecule has 1 heteroatoms. The van der Waals surface area contributed by atoms with Crippen LogP contribution in [-0.2, 0) is 18.3 Å². The van der Waals surface area contributed by atoms with Crippen LogP contribution in [0.4, 0.5) is 11.4 Å². The fourth-order valence-electron chi connectivity index (χ4n) is 9.82. The standard InChI is InChI=1S/C54H67N/c1-5-9-11-13-15-17-35-54(36-18-16-14-12-10-6-2)52-38-46(40(7-3)8-4)27-33-50(52)51-34-28-47(39-53(51)54)43-25-31-49(32-26-43)55-48-29-23-42(24-30-48)45-22-20-41-19-21-44(41)37-45/h20,22-34,37-40,55H,5-19,21,35-36H2,1-4H3. The zero-order valence-electron chi connectivity index (χ0n) is 34.6. The van der Waals surface area contributed by atoms with E-state index in [0.29, 0.717) is 5.92 Å². The molecule has 0 spiro atoms. The first-order valence-corrected chi connectivity index (χ1v) is 22.5. The Labute approximate surface area is 334 Å². The van der Waals surface area contributed by atoms with E-state index in [-0.39, 0.29) is 5.41 Å². The minimum Gasteiger partial charge on any atom is -0.356 e. The van der Waals surface area contributed by atoms with Crippen LogP contribution in [0.3, 0.4) is 0 Å². The van der Waals surface area contributed by atoms with Gasteiger partial charge in [-0.1, -0.05) is 178 Å². The molecule has 2 aliphatic rings. The van der Waals surface area contributed by atoms with Crippen molar-refractivity contribution in [1.29, 1.82) is 0 Å². The maximum Gasteiger partial charge on any atom is 0.0384 e. The predicted octanol–water partition coefficient (Wildman–Crippen LogP) is 16.5. The highest BCUT2D eigenvalue weighted by atomic mass is 14.9. The minimum atomic E-state index is 0.0897. The molecule has 0 amide bonds. The van der Waals surface area contributed by atoms with Crippen molar-refractivity contribution in [2.24, 2.45) is 0 Å². The molecule has 0 radical (unpaired) electrons. The van der Waals surface area contributed by atoms with Gasteiger partial charge in [0.05, 0.1) is 0 Å². The van der Waals surface area contributed by atoms with E-state index in [0.717, 1.165) is 11.4 Å². The average Bonchev–Trinajstić information content (AvgIpc) is 3.47. The van der Waals surface area contributed by atoms with Gasteiger partial charge in [-0.05, 0) is 136 Å². The summed E-state index contributed by atoms with van der Waals surface area (Å²) in [6.07, 6.45) is 23.6. The Morgan fingerprint density at radius 1 is 0.455 bits per heavy atom. The number of rotatable bonds is 21. The first kappa shape index (κ1) is 39.1. The maximum atomic E-state index is 3.67. The van der Waals surface area contributed by atoms with Crippen molar-refractivity contribution in [2.75, 3.05) is 5.32 Å². The van der Waals surface area contributed by atoms with Crippen molar-refractivity contribution in [3.05, 3.63) is 131 Å². The van der Waals surface area contributed by atoms with Crippen LogP contribution in [-0.4, -0.2) is 0 Å². The summed E-state index contributed by atoms with van der Waals surface area (Å²) in [5, 5.41) is 3.67. The van der Waals surface area contributed by atoms with E-state index in [1.54, 1.807) is 16.7 Å². The van der Waals surface area contributed by atoms with Crippen LogP contribution in [0.5, 0.6) is 0 Å². The van der Waals surface area contributed by atoms with Gasteiger partial charge in [-0.25, -0.2) is 0 Å². The SMILES string of the molecule is CCCCCCCCC1(CCCCCCCC)c2cc(-c3ccc(Nc4ccc(-c5ccc6c(c5)CC6)cc4)cc3)ccc2-c2ccc(C(CC)CC)cc21. The molecule has 5 aromatic carbocycles. The zero-order valence-corrected chi connectivity index (χ0v) is 34.6. The van der Waals surface area contributed by atoms with Crippen molar-refractivity contribution in [2.45, 2.75) is 155 Å². The highest BCUT2D eigenvalue weighted by Gasteiger charge is 2.42. The molecular formula is C54H67N. The van der Waals surface area contributed by atoms with Crippen LogP contribution in [0, 0.1) is 0 Å². The van der Waals surface area contributed by atoms with Gasteiger partial charge in [0.2, 0.25) is 0 Å². The molecule has 0 aliphatic heterocycles. The van der Waals surface area contributed by atoms with Crippen molar-refractivity contribution in [3.63, 3.8) is 0 Å². The molecular weight excluding hydrogens is 663 g/mol. The third-order valence-corrected chi connectivity index (χ3v) is 13.4. The first-order chi connectivity index (χ1) is 27.1. The molecule has 0 bridgehead atoms. The van der Waals surface area contributed by atoms with E-state index in [9.17, 15) is 0 Å². The van der Waals surface area contributed by atoms with Gasteiger partial charge in [0.1, 0.15) is 0 Å². The third-order valence-electron chi connectivity index (χ3n) is 13.4. The summed E-state index contributed by atoms with van der Waals surface area (Å²) in [5.41, 5.74) is 18.4. The number of fused-ring (bicyclic) bond motifs is 4. The largest absolute Gasteiger partial charge is 0.356 e. The predicted molar refractivity (Wildman–Crippen MR) is 240 cm³/mol. The van der Waals surface area contributed by atoms with Gasteiger partial charge in [-0.3, -0.25) is 0 Å². The molecule has 0 saturated carbocycles. The molecule has 1 N–H and O–H groups in total. The summed E-state index contributed by atoms with van der Waals surface area (Å²) in [5.74, 6) is 0.634. The van der Waals surface area contributed by atoms with E-state index >= 15 is 0 Å². The number of unbranched alkanes of at least 4 members (excludes halogenated alkanes) is 10. The van der Waals surface area contributed by atoms with E-state index < -0.39 is 0 Å². The van der Waals surface area contributed by atoms with Crippen molar-refractivity contribution in [3.8, 4) is 33.4 Å². The van der Waals surface area contributed by atoms with E-state index in [2.05, 4.69) is 136 Å². The van der Waals surface area contributed by atoms with Gasteiger partial charge in [0.15, 0.2) is 0 Å². The Hall–Kier alpha value is -4.10. The van der Waals surface area contributed by atoms with Gasteiger partial charge in [0, 0.05) is 16.8 Å². The zero-order chi connectivity index (χ0) is 38.0. The number of hydrogen-bond donors (Lipinski definition) is 1. The molecule has 0 saturated heterocycles. The Kier molecular flexibility index (Phi) is 13.3. The lowest BCUT2D eigenvalue weighted by atomic mass is 9.69. The monoisotopic (exact) mass is 730 g/mol. The minimum absolute atomic E-state index is 0.0897. The topological polar surface area (TPSA) is 12.0 Å². The van der Waals surface area contributed by atoms with Gasteiger partial charge >= 0.3 is 0 Å². The van der Waals surface area contributed by atoms with E-state index in [1.807, 2.05) is 0 Å². The van der Waals surface area contributed by atoms with Crippen LogP contribution in [0.15, 0.2) is 103 Å². The van der Waals surface area contributed by atoms with Crippen LogP contribution in [0.25, 0.3) is 33.4 Å². The smallest absolute Gasteiger partial charge is 0.0384 e. The molecule has 288 valence electrons. The fourth-order valence-corrected chi connectivity index (χ4v) is 9.82. The van der Waals surface area contributed by atoms with Gasteiger partial charge in [0.25, 0.3) is 0 Å². The second kappa shape index (κ2) is 18.7. The molecule has 55 heavy (non-hydrogen) atoms. The van der Waals surface area contributed by atoms with Crippen LogP contribution < -0.4 is 5.32 Å². The molecule has 0 unspecified atom stereocenters. The lowest BCUT2D eigenvalue weighted by Gasteiger charge is -2.34. The summed E-state index contributed by atoms with van der Waals surface area (Å²) in [4.78, 5) is 0. The molecule has 2 aliphatic carbocycles. The summed E-state index contributed by atoms with van der Waals surface area (Å²) in [7, 11) is 0. The Morgan fingerprint density at radius 3 is 1.45 bits per heavy atom. The summed E-state index contributed by atoms with van der Waals surface area (Å²) in [6.45, 7) is 9.39. The van der Waals surface area contributed by atoms with E-state index in [1.165, 1.54) is 160 Å². The van der Waals surface area contributed by atoms with Gasteiger partial charge in [-0.2, -0.15) is 0 Å². The summed E-state index contributed by atoms with van der Waals surface area (Å²) >= 11 is 0. The Bertz CT molecular complexity index is 1960. The molecule has 0 aromatic heterocycles. The normalized spacial score (nSPS) is 13.7. The number of anilines is 2. The Balaban J connectivity index is 1.15. The lowest BCUT2D eigenvalue weighted by molar-refractivity contribution is 0.397. The first-order valence-electron chi connectivity index (χ1n) is 22.5. The van der Waals surface area contributed by atoms with Crippen molar-refractivity contribution < 1.29 is 0 Å². The van der Waals surface area contributed by atoms with Crippen molar-refractivity contribution in [1.82, 2.24) is 0 Å². The second-order valence-electron chi connectivity index (χ2n) is 17.0. The molecule has 1 nitrogen and oxygen atoms in total. The highest BCUT2D eigenvalue weighted by molar-refractivity contribution is 5.84. The number of aryl methyl sites for hydroxylation is 2. The van der Waals surface area contributed by atoms with Crippen LogP contribution in [0.1, 0.15) is 164 Å². The Morgan fingerprint density at radius 2 is 0.927 bits per heavy atom. The number of benzene rings is 5. The van der Waals surface area contributed by atoms with E-state index in [4.69, 9.17) is 0 Å². The number of nitrogens with one attached hydrogen (secondary N) is 1.